The SMILES string of the molecule is Cc1ccc(OCC2(O)CCCN(Cc3cnc(N4CCCCC4)nc3)CC2)cc1C. The number of piperidine rings is 1. The zero-order valence-electron chi connectivity index (χ0n) is 19.0. The van der Waals surface area contributed by atoms with E-state index in [1.54, 1.807) is 0 Å². The minimum atomic E-state index is -0.776. The monoisotopic (exact) mass is 424 g/mol. The molecule has 1 aromatic carbocycles. The summed E-state index contributed by atoms with van der Waals surface area (Å²) < 4.78 is 5.97. The van der Waals surface area contributed by atoms with E-state index < -0.39 is 5.60 Å². The van der Waals surface area contributed by atoms with Gasteiger partial charge in [0, 0.05) is 44.1 Å². The molecule has 4 rings (SSSR count). The van der Waals surface area contributed by atoms with Crippen LogP contribution >= 0.6 is 0 Å². The van der Waals surface area contributed by atoms with Crippen molar-refractivity contribution >= 4 is 5.95 Å². The first-order valence-corrected chi connectivity index (χ1v) is 11.7. The smallest absolute Gasteiger partial charge is 0.225 e. The van der Waals surface area contributed by atoms with Gasteiger partial charge in [0.05, 0.1) is 5.60 Å². The van der Waals surface area contributed by atoms with Crippen LogP contribution in [0.2, 0.25) is 0 Å². The summed E-state index contributed by atoms with van der Waals surface area (Å²) in [6.45, 7) is 9.30. The Hall–Kier alpha value is -2.18. The lowest BCUT2D eigenvalue weighted by atomic mass is 9.96. The summed E-state index contributed by atoms with van der Waals surface area (Å²) in [5.41, 5.74) is 2.83. The fourth-order valence-corrected chi connectivity index (χ4v) is 4.50. The average molecular weight is 425 g/mol. The van der Waals surface area contributed by atoms with Gasteiger partial charge in [-0.2, -0.15) is 0 Å². The van der Waals surface area contributed by atoms with Crippen molar-refractivity contribution < 1.29 is 9.84 Å². The van der Waals surface area contributed by atoms with Crippen LogP contribution in [0, 0.1) is 13.8 Å². The topological polar surface area (TPSA) is 61.7 Å². The highest BCUT2D eigenvalue weighted by atomic mass is 16.5. The molecule has 2 saturated heterocycles. The molecule has 1 unspecified atom stereocenters. The molecule has 2 fully saturated rings. The zero-order chi connectivity index (χ0) is 21.7. The molecule has 0 amide bonds. The molecule has 0 saturated carbocycles. The van der Waals surface area contributed by atoms with Gasteiger partial charge < -0.3 is 14.7 Å². The fourth-order valence-electron chi connectivity index (χ4n) is 4.50. The predicted molar refractivity (Wildman–Crippen MR) is 124 cm³/mol. The van der Waals surface area contributed by atoms with Gasteiger partial charge in [0.1, 0.15) is 12.4 Å². The number of hydrogen-bond acceptors (Lipinski definition) is 6. The van der Waals surface area contributed by atoms with Gasteiger partial charge in [-0.3, -0.25) is 4.90 Å². The molecule has 31 heavy (non-hydrogen) atoms. The van der Waals surface area contributed by atoms with E-state index in [0.29, 0.717) is 13.0 Å². The second kappa shape index (κ2) is 9.96. The van der Waals surface area contributed by atoms with Gasteiger partial charge >= 0.3 is 0 Å². The van der Waals surface area contributed by atoms with Gasteiger partial charge in [-0.25, -0.2) is 9.97 Å². The van der Waals surface area contributed by atoms with E-state index in [0.717, 1.165) is 62.8 Å². The van der Waals surface area contributed by atoms with E-state index in [9.17, 15) is 5.11 Å². The van der Waals surface area contributed by atoms with E-state index in [4.69, 9.17) is 4.74 Å². The number of ether oxygens (including phenoxy) is 1. The molecule has 3 heterocycles. The van der Waals surface area contributed by atoms with Crippen molar-refractivity contribution in [3.8, 4) is 5.75 Å². The highest BCUT2D eigenvalue weighted by Crippen LogP contribution is 2.26. The Balaban J connectivity index is 1.28. The van der Waals surface area contributed by atoms with Crippen LogP contribution in [0.1, 0.15) is 55.2 Å². The van der Waals surface area contributed by atoms with E-state index in [-0.39, 0.29) is 0 Å². The summed E-state index contributed by atoms with van der Waals surface area (Å²) in [5.74, 6) is 1.70. The Labute approximate surface area is 186 Å². The fraction of sp³-hybridized carbons (Fsp3) is 0.600. The summed E-state index contributed by atoms with van der Waals surface area (Å²) in [7, 11) is 0. The average Bonchev–Trinajstić information content (AvgIpc) is 2.97. The summed E-state index contributed by atoms with van der Waals surface area (Å²) >= 11 is 0. The second-order valence-corrected chi connectivity index (χ2v) is 9.33. The van der Waals surface area contributed by atoms with E-state index >= 15 is 0 Å². The molecule has 0 radical (unpaired) electrons. The Bertz CT molecular complexity index is 851. The lowest BCUT2D eigenvalue weighted by Gasteiger charge is -2.27. The van der Waals surface area contributed by atoms with Gasteiger partial charge in [0.25, 0.3) is 0 Å². The van der Waals surface area contributed by atoms with Crippen LogP contribution in [0.25, 0.3) is 0 Å². The molecule has 1 N–H and O–H groups in total. The van der Waals surface area contributed by atoms with Crippen LogP contribution in [0.3, 0.4) is 0 Å². The van der Waals surface area contributed by atoms with Crippen LogP contribution in [0.15, 0.2) is 30.6 Å². The molecule has 2 aliphatic rings. The molecule has 1 atom stereocenters. The van der Waals surface area contributed by atoms with Crippen LogP contribution in [-0.2, 0) is 6.54 Å². The zero-order valence-corrected chi connectivity index (χ0v) is 19.0. The lowest BCUT2D eigenvalue weighted by Crippen LogP contribution is -2.37. The number of hydrogen-bond donors (Lipinski definition) is 1. The first kappa shape index (κ1) is 22.0. The van der Waals surface area contributed by atoms with Crippen LogP contribution in [0.4, 0.5) is 5.95 Å². The number of aryl methyl sites for hydroxylation is 2. The number of anilines is 1. The van der Waals surface area contributed by atoms with Gasteiger partial charge in [0.2, 0.25) is 5.95 Å². The highest BCUT2D eigenvalue weighted by Gasteiger charge is 2.31. The van der Waals surface area contributed by atoms with Gasteiger partial charge in [-0.15, -0.1) is 0 Å². The molecular formula is C25H36N4O2. The highest BCUT2D eigenvalue weighted by molar-refractivity contribution is 5.34. The first-order valence-electron chi connectivity index (χ1n) is 11.7. The van der Waals surface area contributed by atoms with Crippen molar-refractivity contribution in [1.29, 1.82) is 0 Å². The van der Waals surface area contributed by atoms with E-state index in [1.807, 2.05) is 18.5 Å². The van der Waals surface area contributed by atoms with Crippen molar-refractivity contribution in [3.63, 3.8) is 0 Å². The normalized spacial score (nSPS) is 22.9. The molecule has 0 aliphatic carbocycles. The van der Waals surface area contributed by atoms with Gasteiger partial charge in [-0.1, -0.05) is 6.07 Å². The van der Waals surface area contributed by atoms with Crippen molar-refractivity contribution in [2.45, 2.75) is 64.5 Å². The Morgan fingerprint density at radius 1 is 0.935 bits per heavy atom. The molecule has 1 aromatic heterocycles. The maximum absolute atomic E-state index is 11.1. The van der Waals surface area contributed by atoms with Crippen molar-refractivity contribution in [2.24, 2.45) is 0 Å². The third kappa shape index (κ3) is 5.95. The van der Waals surface area contributed by atoms with Crippen molar-refractivity contribution in [2.75, 3.05) is 37.7 Å². The Morgan fingerprint density at radius 2 is 1.71 bits per heavy atom. The molecular weight excluding hydrogens is 388 g/mol. The molecule has 2 aromatic rings. The summed E-state index contributed by atoms with van der Waals surface area (Å²) in [6.07, 6.45) is 10.1. The van der Waals surface area contributed by atoms with Gasteiger partial charge in [-0.05, 0) is 82.2 Å². The number of benzene rings is 1. The van der Waals surface area contributed by atoms with Crippen molar-refractivity contribution in [3.05, 3.63) is 47.3 Å². The number of nitrogens with zero attached hydrogens (tertiary/aromatic N) is 4. The van der Waals surface area contributed by atoms with Crippen LogP contribution in [0.5, 0.6) is 5.75 Å². The third-order valence-corrected chi connectivity index (χ3v) is 6.73. The van der Waals surface area contributed by atoms with E-state index in [1.165, 1.54) is 30.4 Å². The molecule has 2 aliphatic heterocycles. The largest absolute Gasteiger partial charge is 0.491 e. The van der Waals surface area contributed by atoms with Crippen LogP contribution < -0.4 is 9.64 Å². The van der Waals surface area contributed by atoms with Crippen molar-refractivity contribution in [1.82, 2.24) is 14.9 Å². The van der Waals surface area contributed by atoms with Crippen LogP contribution in [-0.4, -0.2) is 58.4 Å². The molecule has 6 heteroatoms. The Kier molecular flexibility index (Phi) is 7.08. The third-order valence-electron chi connectivity index (χ3n) is 6.73. The van der Waals surface area contributed by atoms with Gasteiger partial charge in [0.15, 0.2) is 0 Å². The quantitative estimate of drug-likeness (QED) is 0.759. The predicted octanol–water partition coefficient (Wildman–Crippen LogP) is 3.88. The number of aliphatic hydroxyl groups is 1. The summed E-state index contributed by atoms with van der Waals surface area (Å²) in [4.78, 5) is 13.9. The number of rotatable bonds is 6. The minimum absolute atomic E-state index is 0.344. The first-order chi connectivity index (χ1) is 15.0. The number of aromatic nitrogens is 2. The molecule has 0 bridgehead atoms. The summed E-state index contributed by atoms with van der Waals surface area (Å²) in [5, 5.41) is 11.1. The molecule has 168 valence electrons. The minimum Gasteiger partial charge on any atom is -0.491 e. The van der Waals surface area contributed by atoms with E-state index in [2.05, 4.69) is 45.7 Å². The molecule has 6 nitrogen and oxygen atoms in total. The maximum atomic E-state index is 11.1. The molecule has 0 spiro atoms. The maximum Gasteiger partial charge on any atom is 0.225 e. The lowest BCUT2D eigenvalue weighted by molar-refractivity contribution is -0.0168. The number of likely N-dealkylation sites (tertiary alicyclic amines) is 1. The second-order valence-electron chi connectivity index (χ2n) is 9.33. The summed E-state index contributed by atoms with van der Waals surface area (Å²) in [6, 6.07) is 6.11. The Morgan fingerprint density at radius 3 is 2.45 bits per heavy atom. The standard InChI is InChI=1S/C25H36N4O2/c1-20-7-8-23(15-21(20)2)31-19-25(30)9-6-11-28(14-10-25)18-22-16-26-24(27-17-22)29-12-4-3-5-13-29/h7-8,15-17,30H,3-6,9-14,18-19H2,1-2H3.